The zero-order chi connectivity index (χ0) is 23.0. The van der Waals surface area contributed by atoms with Crippen molar-refractivity contribution in [2.75, 3.05) is 20.7 Å². The van der Waals surface area contributed by atoms with E-state index >= 15 is 0 Å². The Morgan fingerprint density at radius 2 is 2.12 bits per heavy atom. The zero-order valence-corrected chi connectivity index (χ0v) is 17.9. The maximum absolute atomic E-state index is 12.2. The van der Waals surface area contributed by atoms with Gasteiger partial charge in [-0.05, 0) is 42.8 Å². The number of esters is 1. The van der Waals surface area contributed by atoms with E-state index in [2.05, 4.69) is 21.9 Å². The average molecular weight is 434 g/mol. The Kier molecular flexibility index (Phi) is 5.42. The fourth-order valence-electron chi connectivity index (χ4n) is 3.59. The van der Waals surface area contributed by atoms with Gasteiger partial charge in [-0.1, -0.05) is 11.8 Å². The molecule has 0 spiro atoms. The molecule has 4 rings (SSSR count). The summed E-state index contributed by atoms with van der Waals surface area (Å²) in [5.74, 6) is 4.50. The van der Waals surface area contributed by atoms with Crippen LogP contribution in [0.1, 0.15) is 41.1 Å². The third kappa shape index (κ3) is 3.70. The van der Waals surface area contributed by atoms with Gasteiger partial charge in [0.2, 0.25) is 5.60 Å². The van der Waals surface area contributed by atoms with Crippen LogP contribution in [-0.2, 0) is 9.53 Å². The molecule has 1 saturated heterocycles. The number of pyridine rings is 1. The van der Waals surface area contributed by atoms with Crippen molar-refractivity contribution >= 4 is 22.9 Å². The molecule has 0 bridgehead atoms. The van der Waals surface area contributed by atoms with Crippen LogP contribution in [-0.4, -0.2) is 68.1 Å². The van der Waals surface area contributed by atoms with Gasteiger partial charge in [0.15, 0.2) is 11.3 Å². The van der Waals surface area contributed by atoms with Gasteiger partial charge in [0.25, 0.3) is 5.91 Å². The van der Waals surface area contributed by atoms with E-state index in [9.17, 15) is 19.8 Å². The lowest BCUT2D eigenvalue weighted by atomic mass is 10.0. The third-order valence-electron chi connectivity index (χ3n) is 5.41. The van der Waals surface area contributed by atoms with Crippen LogP contribution in [0.4, 0.5) is 0 Å². The lowest BCUT2D eigenvalue weighted by molar-refractivity contribution is -0.137. The zero-order valence-electron chi connectivity index (χ0n) is 17.9. The Balaban J connectivity index is 1.86. The Morgan fingerprint density at radius 3 is 2.78 bits per heavy atom. The number of methoxy groups -OCH3 is 1. The fourth-order valence-corrected chi connectivity index (χ4v) is 3.59. The molecule has 1 fully saturated rings. The van der Waals surface area contributed by atoms with Gasteiger partial charge in [0, 0.05) is 31.8 Å². The van der Waals surface area contributed by atoms with Gasteiger partial charge >= 0.3 is 5.97 Å². The number of carbonyl (C=O) groups excluding carboxylic acids is 2. The average Bonchev–Trinajstić information content (AvgIpc) is 3.31. The van der Waals surface area contributed by atoms with E-state index in [1.165, 1.54) is 16.7 Å². The van der Waals surface area contributed by atoms with Crippen LogP contribution in [0.2, 0.25) is 0 Å². The van der Waals surface area contributed by atoms with Crippen molar-refractivity contribution < 1.29 is 24.5 Å². The highest BCUT2D eigenvalue weighted by Gasteiger charge is 2.42. The number of hydrogen-bond acceptors (Lipinski definition) is 7. The number of aliphatic hydroxyl groups excluding tert-OH is 1. The first-order chi connectivity index (χ1) is 15.2. The van der Waals surface area contributed by atoms with Crippen LogP contribution < -0.4 is 0 Å². The number of rotatable bonds is 3. The van der Waals surface area contributed by atoms with Crippen LogP contribution >= 0.6 is 0 Å². The molecule has 2 atom stereocenters. The first kappa shape index (κ1) is 21.5. The van der Waals surface area contributed by atoms with Crippen molar-refractivity contribution in [3.63, 3.8) is 0 Å². The molecule has 1 amide bonds. The number of ether oxygens (including phenoxy) is 1. The smallest absolute Gasteiger partial charge is 0.359 e. The van der Waals surface area contributed by atoms with Crippen molar-refractivity contribution in [1.82, 2.24) is 19.7 Å². The number of fused-ring (bicyclic) bond motifs is 1. The molecule has 0 aliphatic carbocycles. The minimum absolute atomic E-state index is 0.111. The number of aromatic nitrogens is 3. The van der Waals surface area contributed by atoms with E-state index < -0.39 is 23.6 Å². The van der Waals surface area contributed by atoms with E-state index in [1.807, 2.05) is 0 Å². The summed E-state index contributed by atoms with van der Waals surface area (Å²) in [6.07, 6.45) is 0.986. The molecule has 0 saturated carbocycles. The molecular formula is C23H22N4O5. The lowest BCUT2D eigenvalue weighted by Gasteiger charge is -2.13. The second-order valence-electron chi connectivity index (χ2n) is 7.70. The second-order valence-corrected chi connectivity index (χ2v) is 7.70. The van der Waals surface area contributed by atoms with Crippen LogP contribution in [0.15, 0.2) is 36.5 Å². The Hall–Kier alpha value is -3.74. The quantitative estimate of drug-likeness (QED) is 0.470. The summed E-state index contributed by atoms with van der Waals surface area (Å²) in [5.41, 5.74) is 0.323. The van der Waals surface area contributed by atoms with E-state index in [0.29, 0.717) is 34.4 Å². The molecule has 3 aromatic rings. The number of likely N-dealkylation sites (tertiary alicyclic amines) is 1. The maximum Gasteiger partial charge on any atom is 0.359 e. The van der Waals surface area contributed by atoms with Crippen molar-refractivity contribution in [2.24, 2.45) is 0 Å². The second kappa shape index (κ2) is 8.07. The largest absolute Gasteiger partial charge is 0.464 e. The number of hydrogen-bond donors (Lipinski definition) is 2. The normalized spacial score (nSPS) is 19.0. The molecule has 9 heteroatoms. The molecule has 3 heterocycles. The first-order valence-corrected chi connectivity index (χ1v) is 10.00. The molecular weight excluding hydrogens is 412 g/mol. The molecule has 2 N–H and O–H groups in total. The first-order valence-electron chi connectivity index (χ1n) is 10.00. The molecule has 1 aromatic carbocycles. The monoisotopic (exact) mass is 434 g/mol. The van der Waals surface area contributed by atoms with Gasteiger partial charge in [-0.15, -0.1) is 0 Å². The molecule has 9 nitrogen and oxygen atoms in total. The summed E-state index contributed by atoms with van der Waals surface area (Å²) < 4.78 is 6.31. The summed E-state index contributed by atoms with van der Waals surface area (Å²) >= 11 is 0. The van der Waals surface area contributed by atoms with E-state index in [-0.39, 0.29) is 12.1 Å². The van der Waals surface area contributed by atoms with Crippen molar-refractivity contribution in [2.45, 2.75) is 25.0 Å². The molecule has 32 heavy (non-hydrogen) atoms. The minimum atomic E-state index is -1.74. The third-order valence-corrected chi connectivity index (χ3v) is 5.41. The Labute approximate surface area is 184 Å². The molecule has 2 aromatic heterocycles. The summed E-state index contributed by atoms with van der Waals surface area (Å²) in [7, 11) is 2.89. The molecule has 0 radical (unpaired) electrons. The summed E-state index contributed by atoms with van der Waals surface area (Å²) in [5, 5.41) is 25.7. The number of likely N-dealkylation sites (N-methyl/N-ethyl adjacent to an activating group) is 1. The van der Waals surface area contributed by atoms with Crippen LogP contribution in [0, 0.1) is 11.8 Å². The lowest BCUT2D eigenvalue weighted by Crippen LogP contribution is -2.37. The van der Waals surface area contributed by atoms with E-state index in [4.69, 9.17) is 4.74 Å². The van der Waals surface area contributed by atoms with Crippen molar-refractivity contribution in [1.29, 1.82) is 0 Å². The van der Waals surface area contributed by atoms with Crippen LogP contribution in [0.3, 0.4) is 0 Å². The van der Waals surface area contributed by atoms with E-state index in [1.54, 1.807) is 50.5 Å². The molecule has 1 aliphatic heterocycles. The number of amides is 1. The maximum atomic E-state index is 12.2. The fraction of sp³-hybridized carbons (Fsp3) is 0.304. The van der Waals surface area contributed by atoms with Gasteiger partial charge in [0.1, 0.15) is 0 Å². The van der Waals surface area contributed by atoms with Gasteiger partial charge in [-0.2, -0.15) is 5.10 Å². The predicted molar refractivity (Wildman–Crippen MR) is 115 cm³/mol. The number of carbonyl (C=O) groups is 2. The van der Waals surface area contributed by atoms with Gasteiger partial charge < -0.3 is 19.8 Å². The highest BCUT2D eigenvalue weighted by Crippen LogP contribution is 2.25. The molecule has 1 unspecified atom stereocenters. The Morgan fingerprint density at radius 1 is 1.34 bits per heavy atom. The highest BCUT2D eigenvalue weighted by molar-refractivity contribution is 6.01. The number of benzene rings is 1. The topological polar surface area (TPSA) is 118 Å². The SMILES string of the molecule is COC(=O)c1nn(-c2cc(C#C[C@]3(O)CCN(C)C3=O)cc(C(C)O)c2)c2ncccc12. The Bertz CT molecular complexity index is 1290. The van der Waals surface area contributed by atoms with Gasteiger partial charge in [0.05, 0.1) is 24.3 Å². The van der Waals surface area contributed by atoms with Crippen molar-refractivity contribution in [3.05, 3.63) is 53.3 Å². The number of nitrogens with zero attached hydrogens (tertiary/aromatic N) is 4. The summed E-state index contributed by atoms with van der Waals surface area (Å²) in [4.78, 5) is 30.2. The van der Waals surface area contributed by atoms with Crippen molar-refractivity contribution in [3.8, 4) is 17.5 Å². The molecule has 1 aliphatic rings. The highest BCUT2D eigenvalue weighted by atomic mass is 16.5. The van der Waals surface area contributed by atoms with Gasteiger partial charge in [-0.3, -0.25) is 4.79 Å². The summed E-state index contributed by atoms with van der Waals surface area (Å²) in [6, 6.07) is 8.48. The standard InChI is InChI=1S/C23H22N4O5/c1-14(28)16-11-15(6-7-23(31)8-10-26(2)22(23)30)12-17(13-16)27-20-18(5-4-9-24-20)19(25-27)21(29)32-3/h4-5,9,11-14,28,31H,8,10H2,1-3H3/t14?,23-/m0/s1. The predicted octanol–water partition coefficient (Wildman–Crippen LogP) is 1.21. The van der Waals surface area contributed by atoms with Crippen LogP contribution in [0.25, 0.3) is 16.7 Å². The van der Waals surface area contributed by atoms with Gasteiger partial charge in [-0.25, -0.2) is 14.5 Å². The van der Waals surface area contributed by atoms with E-state index in [0.717, 1.165) is 0 Å². The summed E-state index contributed by atoms with van der Waals surface area (Å²) in [6.45, 7) is 2.03. The molecule has 164 valence electrons. The minimum Gasteiger partial charge on any atom is -0.464 e. The number of aliphatic hydroxyl groups is 2. The van der Waals surface area contributed by atoms with Crippen LogP contribution in [0.5, 0.6) is 0 Å².